The molecule has 1 heterocycles. The molecule has 3 aromatic carbocycles. The fraction of sp³-hybridized carbons (Fsp3) is 0.111. The fourth-order valence-electron chi connectivity index (χ4n) is 3.05. The van der Waals surface area contributed by atoms with Crippen molar-refractivity contribution in [2.24, 2.45) is 0 Å². The molecule has 0 bridgehead atoms. The molecule has 0 amide bonds. The highest BCUT2D eigenvalue weighted by molar-refractivity contribution is 6.31. The number of hydrogen-bond acceptors (Lipinski definition) is 4. The first kappa shape index (κ1) is 24.1. The highest BCUT2D eigenvalue weighted by Crippen LogP contribution is 2.34. The molecule has 0 radical (unpaired) electrons. The van der Waals surface area contributed by atoms with E-state index in [-0.39, 0.29) is 24.8 Å². The molecular formula is C27H18ClF3N2O2. The van der Waals surface area contributed by atoms with E-state index in [2.05, 4.69) is 22.0 Å². The zero-order valence-corrected chi connectivity index (χ0v) is 19.0. The summed E-state index contributed by atoms with van der Waals surface area (Å²) in [6, 6.07) is 24.0. The Morgan fingerprint density at radius 3 is 1.97 bits per heavy atom. The third kappa shape index (κ3) is 6.75. The zero-order valence-electron chi connectivity index (χ0n) is 18.2. The van der Waals surface area contributed by atoms with Crippen molar-refractivity contribution >= 4 is 11.6 Å². The molecule has 0 aliphatic rings. The van der Waals surface area contributed by atoms with Gasteiger partial charge in [0.2, 0.25) is 0 Å². The molecule has 0 fully saturated rings. The minimum Gasteiger partial charge on any atom is -0.483 e. The van der Waals surface area contributed by atoms with E-state index in [4.69, 9.17) is 21.1 Å². The minimum absolute atomic E-state index is 0.202. The van der Waals surface area contributed by atoms with Crippen molar-refractivity contribution in [2.75, 3.05) is 0 Å². The molecule has 0 saturated heterocycles. The Bertz CT molecular complexity index is 1350. The van der Waals surface area contributed by atoms with Crippen LogP contribution < -0.4 is 9.47 Å². The van der Waals surface area contributed by atoms with Crippen LogP contribution in [0, 0.1) is 11.8 Å². The van der Waals surface area contributed by atoms with Crippen LogP contribution in [0.15, 0.2) is 84.9 Å². The van der Waals surface area contributed by atoms with Crippen LogP contribution >= 0.6 is 11.6 Å². The van der Waals surface area contributed by atoms with Gasteiger partial charge in [-0.1, -0.05) is 78.2 Å². The van der Waals surface area contributed by atoms with Gasteiger partial charge in [-0.3, -0.25) is 0 Å². The van der Waals surface area contributed by atoms with Crippen LogP contribution in [-0.4, -0.2) is 10.2 Å². The first-order chi connectivity index (χ1) is 16.9. The summed E-state index contributed by atoms with van der Waals surface area (Å²) < 4.78 is 50.5. The van der Waals surface area contributed by atoms with Gasteiger partial charge in [-0.15, -0.1) is 10.2 Å². The normalized spacial score (nSPS) is 10.9. The number of benzene rings is 3. The molecular weight excluding hydrogens is 477 g/mol. The maximum atomic E-state index is 12.9. The van der Waals surface area contributed by atoms with Crippen molar-refractivity contribution in [3.8, 4) is 23.5 Å². The van der Waals surface area contributed by atoms with Crippen LogP contribution in [-0.2, 0) is 19.4 Å². The summed E-state index contributed by atoms with van der Waals surface area (Å²) in [7, 11) is 0. The van der Waals surface area contributed by atoms with Gasteiger partial charge in [0.25, 0.3) is 5.88 Å². The highest BCUT2D eigenvalue weighted by atomic mass is 35.5. The smallest absolute Gasteiger partial charge is 0.417 e. The van der Waals surface area contributed by atoms with Gasteiger partial charge >= 0.3 is 6.18 Å². The zero-order chi connectivity index (χ0) is 24.7. The molecule has 4 rings (SSSR count). The van der Waals surface area contributed by atoms with Crippen molar-refractivity contribution in [2.45, 2.75) is 19.4 Å². The van der Waals surface area contributed by atoms with Crippen molar-refractivity contribution < 1.29 is 22.6 Å². The third-order valence-corrected chi connectivity index (χ3v) is 5.10. The highest BCUT2D eigenvalue weighted by Gasteiger charge is 2.32. The maximum absolute atomic E-state index is 12.9. The summed E-state index contributed by atoms with van der Waals surface area (Å²) in [6.07, 6.45) is -4.53. The molecule has 0 aliphatic carbocycles. The molecule has 8 heteroatoms. The lowest BCUT2D eigenvalue weighted by molar-refractivity contribution is -0.137. The second-order valence-electron chi connectivity index (χ2n) is 7.39. The average Bonchev–Trinajstić information content (AvgIpc) is 2.86. The lowest BCUT2D eigenvalue weighted by Crippen LogP contribution is -2.05. The largest absolute Gasteiger partial charge is 0.483 e. The van der Waals surface area contributed by atoms with Gasteiger partial charge in [-0.25, -0.2) is 0 Å². The SMILES string of the molecule is FC(F)(F)c1ccc(C#Cc2cc(OCc3ccccc3)c(OCc3ccccc3)nn2)cc1Cl. The van der Waals surface area contributed by atoms with Crippen LogP contribution in [0.4, 0.5) is 13.2 Å². The van der Waals surface area contributed by atoms with E-state index < -0.39 is 16.8 Å². The van der Waals surface area contributed by atoms with Gasteiger partial charge in [0.15, 0.2) is 5.75 Å². The molecule has 0 atom stereocenters. The number of hydrogen-bond donors (Lipinski definition) is 0. The first-order valence-electron chi connectivity index (χ1n) is 10.5. The van der Waals surface area contributed by atoms with Crippen LogP contribution in [0.5, 0.6) is 11.6 Å². The van der Waals surface area contributed by atoms with E-state index in [0.717, 1.165) is 23.3 Å². The van der Waals surface area contributed by atoms with Gasteiger partial charge in [-0.05, 0) is 35.2 Å². The number of halogens is 4. The second-order valence-corrected chi connectivity index (χ2v) is 7.80. The van der Waals surface area contributed by atoms with E-state index in [9.17, 15) is 13.2 Å². The molecule has 0 saturated carbocycles. The monoisotopic (exact) mass is 494 g/mol. The van der Waals surface area contributed by atoms with Gasteiger partial charge in [0.1, 0.15) is 18.9 Å². The van der Waals surface area contributed by atoms with Crippen molar-refractivity contribution in [1.82, 2.24) is 10.2 Å². The summed E-state index contributed by atoms with van der Waals surface area (Å²) in [6.45, 7) is 0.544. The van der Waals surface area contributed by atoms with Gasteiger partial charge in [0, 0.05) is 11.6 Å². The van der Waals surface area contributed by atoms with E-state index in [1.165, 1.54) is 6.07 Å². The van der Waals surface area contributed by atoms with E-state index >= 15 is 0 Å². The summed E-state index contributed by atoms with van der Waals surface area (Å²) in [4.78, 5) is 0. The molecule has 0 N–H and O–H groups in total. The predicted octanol–water partition coefficient (Wildman–Crippen LogP) is 6.71. The summed E-state index contributed by atoms with van der Waals surface area (Å²) >= 11 is 5.77. The molecule has 4 nitrogen and oxygen atoms in total. The van der Waals surface area contributed by atoms with Crippen LogP contribution in [0.3, 0.4) is 0 Å². The predicted molar refractivity (Wildman–Crippen MR) is 126 cm³/mol. The Morgan fingerprint density at radius 1 is 0.743 bits per heavy atom. The number of nitrogens with zero attached hydrogens (tertiary/aromatic N) is 2. The molecule has 35 heavy (non-hydrogen) atoms. The van der Waals surface area contributed by atoms with E-state index in [0.29, 0.717) is 11.3 Å². The second kappa shape index (κ2) is 10.9. The summed E-state index contributed by atoms with van der Waals surface area (Å²) in [5.74, 6) is 6.09. The maximum Gasteiger partial charge on any atom is 0.417 e. The average molecular weight is 495 g/mol. The lowest BCUT2D eigenvalue weighted by Gasteiger charge is -2.11. The molecule has 1 aromatic heterocycles. The Labute approximate surface area is 205 Å². The van der Waals surface area contributed by atoms with Gasteiger partial charge in [0.05, 0.1) is 10.6 Å². The Morgan fingerprint density at radius 2 is 1.37 bits per heavy atom. The molecule has 0 aliphatic heterocycles. The molecule has 4 aromatic rings. The fourth-order valence-corrected chi connectivity index (χ4v) is 3.34. The Balaban J connectivity index is 1.57. The summed E-state index contributed by atoms with van der Waals surface area (Å²) in [5.41, 5.74) is 1.55. The topological polar surface area (TPSA) is 44.2 Å². The molecule has 0 unspecified atom stereocenters. The number of rotatable bonds is 6. The van der Waals surface area contributed by atoms with E-state index in [1.54, 1.807) is 6.07 Å². The van der Waals surface area contributed by atoms with Crippen LogP contribution in [0.1, 0.15) is 27.9 Å². The van der Waals surface area contributed by atoms with Crippen LogP contribution in [0.25, 0.3) is 0 Å². The van der Waals surface area contributed by atoms with Gasteiger partial charge in [-0.2, -0.15) is 13.2 Å². The van der Waals surface area contributed by atoms with E-state index in [1.807, 2.05) is 60.7 Å². The number of ether oxygens (including phenoxy) is 2. The quantitative estimate of drug-likeness (QED) is 0.279. The van der Waals surface area contributed by atoms with Crippen molar-refractivity contribution in [3.05, 3.63) is 118 Å². The Kier molecular flexibility index (Phi) is 7.54. The first-order valence-corrected chi connectivity index (χ1v) is 10.9. The summed E-state index contributed by atoms with van der Waals surface area (Å²) in [5, 5.41) is 7.74. The minimum atomic E-state index is -4.53. The molecule has 176 valence electrons. The Hall–Kier alpha value is -4.02. The third-order valence-electron chi connectivity index (χ3n) is 4.79. The standard InChI is InChI=1S/C27H18ClF3N2O2/c28-24-15-19(12-14-23(24)27(29,30)31)11-13-22-16-25(34-17-20-7-3-1-4-8-20)26(33-32-22)35-18-21-9-5-2-6-10-21/h1-10,12,14-16H,17-18H2. The molecule has 0 spiro atoms. The number of alkyl halides is 3. The van der Waals surface area contributed by atoms with Crippen molar-refractivity contribution in [3.63, 3.8) is 0 Å². The van der Waals surface area contributed by atoms with Gasteiger partial charge < -0.3 is 9.47 Å². The van der Waals surface area contributed by atoms with Crippen molar-refractivity contribution in [1.29, 1.82) is 0 Å². The number of aromatic nitrogens is 2. The van der Waals surface area contributed by atoms with Crippen LogP contribution in [0.2, 0.25) is 5.02 Å². The lowest BCUT2D eigenvalue weighted by atomic mass is 10.1.